The molecule has 1 aromatic rings. The summed E-state index contributed by atoms with van der Waals surface area (Å²) in [6, 6.07) is 9.90. The first-order valence-electron chi connectivity index (χ1n) is 3.93. The summed E-state index contributed by atoms with van der Waals surface area (Å²) in [5.41, 5.74) is 1.09. The van der Waals surface area contributed by atoms with Gasteiger partial charge >= 0.3 is 0 Å². The number of nitrogens with one attached hydrogen (secondary N) is 1. The highest BCUT2D eigenvalue weighted by Crippen LogP contribution is 2.13. The molecule has 0 saturated carbocycles. The second kappa shape index (κ2) is 9.24. The predicted octanol–water partition coefficient (Wildman–Crippen LogP) is 1.68. The van der Waals surface area contributed by atoms with Gasteiger partial charge in [0.05, 0.1) is 0 Å². The minimum absolute atomic E-state index is 0. The van der Waals surface area contributed by atoms with Gasteiger partial charge in [-0.2, -0.15) is 0 Å². The molecule has 0 aliphatic rings. The van der Waals surface area contributed by atoms with Crippen LogP contribution in [0.5, 0.6) is 0 Å². The average molecular weight is 239 g/mol. The van der Waals surface area contributed by atoms with Crippen LogP contribution in [-0.4, -0.2) is 13.6 Å². The van der Waals surface area contributed by atoms with Gasteiger partial charge in [-0.25, -0.2) is 5.90 Å². The van der Waals surface area contributed by atoms with E-state index in [0.29, 0.717) is 0 Å². The first-order chi connectivity index (χ1) is 5.88. The molecule has 0 radical (unpaired) electrons. The van der Waals surface area contributed by atoms with Crippen LogP contribution in [-0.2, 0) is 4.84 Å². The van der Waals surface area contributed by atoms with Crippen LogP contribution in [0.3, 0.4) is 0 Å². The topological polar surface area (TPSA) is 47.3 Å². The molecular weight excluding hydrogens is 223 g/mol. The summed E-state index contributed by atoms with van der Waals surface area (Å²) in [5.74, 6) is 5.15. The lowest BCUT2D eigenvalue weighted by Gasteiger charge is -2.13. The highest BCUT2D eigenvalue weighted by molar-refractivity contribution is 5.85. The Labute approximate surface area is 96.8 Å². The zero-order chi connectivity index (χ0) is 8.81. The van der Waals surface area contributed by atoms with Gasteiger partial charge in [-0.15, -0.1) is 24.8 Å². The zero-order valence-corrected chi connectivity index (χ0v) is 9.61. The van der Waals surface area contributed by atoms with Crippen LogP contribution in [0, 0.1) is 0 Å². The Kier molecular flexibility index (Phi) is 10.6. The smallest absolute Gasteiger partial charge is 0.116 e. The average Bonchev–Trinajstić information content (AvgIpc) is 2.15. The summed E-state index contributed by atoms with van der Waals surface area (Å²) in [4.78, 5) is 4.81. The van der Waals surface area contributed by atoms with Crippen molar-refractivity contribution >= 4 is 24.8 Å². The molecule has 1 aromatic carbocycles. The number of hydrogen-bond acceptors (Lipinski definition) is 3. The van der Waals surface area contributed by atoms with Crippen LogP contribution in [0.1, 0.15) is 11.7 Å². The molecule has 5 heteroatoms. The van der Waals surface area contributed by atoms with Crippen molar-refractivity contribution in [3.8, 4) is 0 Å². The highest BCUT2D eigenvalue weighted by atomic mass is 35.5. The third-order valence-electron chi connectivity index (χ3n) is 1.73. The Hall–Kier alpha value is -0.320. The fraction of sp³-hybridized carbons (Fsp3) is 0.333. The van der Waals surface area contributed by atoms with E-state index in [1.165, 1.54) is 0 Å². The summed E-state index contributed by atoms with van der Waals surface area (Å²) in [6.07, 6.45) is -0.0591. The Balaban J connectivity index is 0. The standard InChI is InChI=1S/C9H14N2O.2ClH/c1-11-7-9(12-10)8-5-3-2-4-6-8;;/h2-6,9,11H,7,10H2,1H3;2*1H. The van der Waals surface area contributed by atoms with Crippen molar-refractivity contribution in [2.24, 2.45) is 5.90 Å². The minimum Gasteiger partial charge on any atom is -0.317 e. The molecule has 1 unspecified atom stereocenters. The quantitative estimate of drug-likeness (QED) is 0.786. The normalized spacial score (nSPS) is 11.0. The van der Waals surface area contributed by atoms with E-state index < -0.39 is 0 Å². The van der Waals surface area contributed by atoms with Crippen molar-refractivity contribution in [2.75, 3.05) is 13.6 Å². The van der Waals surface area contributed by atoms with Gasteiger partial charge in [-0.3, -0.25) is 4.84 Å². The van der Waals surface area contributed by atoms with Gasteiger partial charge in [-0.1, -0.05) is 30.3 Å². The Morgan fingerprint density at radius 1 is 1.29 bits per heavy atom. The molecular formula is C9H16Cl2N2O. The number of halogens is 2. The van der Waals surface area contributed by atoms with Crippen LogP contribution in [0.4, 0.5) is 0 Å². The van der Waals surface area contributed by atoms with E-state index >= 15 is 0 Å². The van der Waals surface area contributed by atoms with E-state index in [1.807, 2.05) is 37.4 Å². The number of rotatable bonds is 4. The number of likely N-dealkylation sites (N-methyl/N-ethyl adjacent to an activating group) is 1. The van der Waals surface area contributed by atoms with Gasteiger partial charge in [0.1, 0.15) is 6.10 Å². The van der Waals surface area contributed by atoms with E-state index in [0.717, 1.165) is 12.1 Å². The van der Waals surface area contributed by atoms with E-state index in [1.54, 1.807) is 0 Å². The lowest BCUT2D eigenvalue weighted by atomic mass is 10.1. The van der Waals surface area contributed by atoms with E-state index in [4.69, 9.17) is 10.7 Å². The Morgan fingerprint density at radius 3 is 2.29 bits per heavy atom. The SMILES string of the molecule is CNCC(ON)c1ccccc1.Cl.Cl. The lowest BCUT2D eigenvalue weighted by molar-refractivity contribution is 0.0541. The van der Waals surface area contributed by atoms with Crippen LogP contribution in [0.25, 0.3) is 0 Å². The van der Waals surface area contributed by atoms with Crippen LogP contribution in [0.15, 0.2) is 30.3 Å². The number of benzene rings is 1. The second-order valence-corrected chi connectivity index (χ2v) is 2.59. The van der Waals surface area contributed by atoms with Crippen LogP contribution >= 0.6 is 24.8 Å². The van der Waals surface area contributed by atoms with Crippen molar-refractivity contribution in [3.63, 3.8) is 0 Å². The minimum atomic E-state index is -0.0591. The van der Waals surface area contributed by atoms with Crippen molar-refractivity contribution in [2.45, 2.75) is 6.10 Å². The molecule has 0 heterocycles. The molecule has 0 aromatic heterocycles. The first kappa shape index (κ1) is 16.1. The fourth-order valence-corrected chi connectivity index (χ4v) is 1.10. The summed E-state index contributed by atoms with van der Waals surface area (Å²) >= 11 is 0. The summed E-state index contributed by atoms with van der Waals surface area (Å²) in [5, 5.41) is 3.01. The molecule has 0 aliphatic heterocycles. The van der Waals surface area contributed by atoms with Gasteiger partial charge in [0.15, 0.2) is 0 Å². The van der Waals surface area contributed by atoms with E-state index in [2.05, 4.69) is 5.32 Å². The molecule has 0 aliphatic carbocycles. The van der Waals surface area contributed by atoms with Gasteiger partial charge in [0.2, 0.25) is 0 Å². The van der Waals surface area contributed by atoms with Gasteiger partial charge in [0, 0.05) is 6.54 Å². The maximum Gasteiger partial charge on any atom is 0.116 e. The maximum absolute atomic E-state index is 5.15. The number of hydrogen-bond donors (Lipinski definition) is 2. The van der Waals surface area contributed by atoms with Crippen molar-refractivity contribution in [1.82, 2.24) is 5.32 Å². The van der Waals surface area contributed by atoms with Crippen molar-refractivity contribution < 1.29 is 4.84 Å². The lowest BCUT2D eigenvalue weighted by Crippen LogP contribution is -2.21. The Morgan fingerprint density at radius 2 is 1.86 bits per heavy atom. The van der Waals surface area contributed by atoms with E-state index in [-0.39, 0.29) is 30.9 Å². The van der Waals surface area contributed by atoms with Gasteiger partial charge in [0.25, 0.3) is 0 Å². The molecule has 1 atom stereocenters. The van der Waals surface area contributed by atoms with Gasteiger partial charge in [-0.05, 0) is 12.6 Å². The molecule has 14 heavy (non-hydrogen) atoms. The maximum atomic E-state index is 5.15. The summed E-state index contributed by atoms with van der Waals surface area (Å²) in [6.45, 7) is 0.723. The fourth-order valence-electron chi connectivity index (χ4n) is 1.10. The predicted molar refractivity (Wildman–Crippen MR) is 62.9 cm³/mol. The zero-order valence-electron chi connectivity index (χ0n) is 7.97. The third kappa shape index (κ3) is 4.79. The highest BCUT2D eigenvalue weighted by Gasteiger charge is 2.07. The van der Waals surface area contributed by atoms with Crippen molar-refractivity contribution in [1.29, 1.82) is 0 Å². The second-order valence-electron chi connectivity index (χ2n) is 2.59. The molecule has 0 fully saturated rings. The molecule has 1 rings (SSSR count). The molecule has 0 spiro atoms. The Bertz CT molecular complexity index is 221. The molecule has 3 nitrogen and oxygen atoms in total. The largest absolute Gasteiger partial charge is 0.317 e. The summed E-state index contributed by atoms with van der Waals surface area (Å²) < 4.78 is 0. The third-order valence-corrected chi connectivity index (χ3v) is 1.73. The number of nitrogens with two attached hydrogens (primary N) is 1. The van der Waals surface area contributed by atoms with Gasteiger partial charge < -0.3 is 5.32 Å². The van der Waals surface area contributed by atoms with Crippen molar-refractivity contribution in [3.05, 3.63) is 35.9 Å². The monoisotopic (exact) mass is 238 g/mol. The van der Waals surface area contributed by atoms with E-state index in [9.17, 15) is 0 Å². The molecule has 82 valence electrons. The molecule has 0 bridgehead atoms. The van der Waals surface area contributed by atoms with Crippen LogP contribution in [0.2, 0.25) is 0 Å². The molecule has 0 saturated heterocycles. The molecule has 0 amide bonds. The molecule has 3 N–H and O–H groups in total. The summed E-state index contributed by atoms with van der Waals surface area (Å²) in [7, 11) is 1.87. The van der Waals surface area contributed by atoms with Crippen LogP contribution < -0.4 is 11.2 Å². The first-order valence-corrected chi connectivity index (χ1v) is 3.93.